The molecule has 5 heteroatoms. The lowest BCUT2D eigenvalue weighted by atomic mass is 10.4. The zero-order valence-electron chi connectivity index (χ0n) is 7.35. The van der Waals surface area contributed by atoms with Crippen LogP contribution in [0.4, 0.5) is 4.79 Å². The average molecular weight is 174 g/mol. The van der Waals surface area contributed by atoms with Gasteiger partial charge in [0, 0.05) is 19.5 Å². The molecule has 2 amide bonds. The van der Waals surface area contributed by atoms with E-state index in [0.717, 1.165) is 0 Å². The van der Waals surface area contributed by atoms with Crippen molar-refractivity contribution in [2.24, 2.45) is 0 Å². The standard InChI is InChI=1S/C7H14N2O3/c1-3-6(10)8-4-5-9-7(11)12-2/h3-5H2,1-2H3,(H,8,10)(H,9,11). The van der Waals surface area contributed by atoms with Gasteiger partial charge < -0.3 is 15.4 Å². The minimum atomic E-state index is -0.485. The molecule has 0 radical (unpaired) electrons. The molecule has 12 heavy (non-hydrogen) atoms. The SMILES string of the molecule is CCC(=O)NCCNC(=O)OC. The molecular weight excluding hydrogens is 160 g/mol. The second kappa shape index (κ2) is 6.45. The molecule has 0 aliphatic heterocycles. The maximum atomic E-state index is 10.7. The van der Waals surface area contributed by atoms with E-state index in [2.05, 4.69) is 15.4 Å². The van der Waals surface area contributed by atoms with Crippen molar-refractivity contribution in [3.05, 3.63) is 0 Å². The number of alkyl carbamates (subject to hydrolysis) is 1. The van der Waals surface area contributed by atoms with Gasteiger partial charge in [-0.2, -0.15) is 0 Å². The lowest BCUT2D eigenvalue weighted by molar-refractivity contribution is -0.120. The number of nitrogens with one attached hydrogen (secondary N) is 2. The number of amides is 2. The number of methoxy groups -OCH3 is 1. The van der Waals surface area contributed by atoms with Crippen molar-refractivity contribution in [1.82, 2.24) is 10.6 Å². The van der Waals surface area contributed by atoms with E-state index in [0.29, 0.717) is 19.5 Å². The van der Waals surface area contributed by atoms with Crippen LogP contribution in [0.5, 0.6) is 0 Å². The third kappa shape index (κ3) is 5.52. The van der Waals surface area contributed by atoms with Gasteiger partial charge in [0.1, 0.15) is 0 Å². The van der Waals surface area contributed by atoms with Crippen LogP contribution in [0.15, 0.2) is 0 Å². The number of rotatable bonds is 4. The number of hydrogen-bond acceptors (Lipinski definition) is 3. The van der Waals surface area contributed by atoms with Crippen molar-refractivity contribution in [2.75, 3.05) is 20.2 Å². The number of carbonyl (C=O) groups excluding carboxylic acids is 2. The Kier molecular flexibility index (Phi) is 5.77. The van der Waals surface area contributed by atoms with Gasteiger partial charge in [0.15, 0.2) is 0 Å². The summed E-state index contributed by atoms with van der Waals surface area (Å²) < 4.78 is 4.32. The summed E-state index contributed by atoms with van der Waals surface area (Å²) in [4.78, 5) is 21.2. The predicted octanol–water partition coefficient (Wildman–Crippen LogP) is -0.131. The van der Waals surface area contributed by atoms with E-state index in [1.54, 1.807) is 6.92 Å². The summed E-state index contributed by atoms with van der Waals surface area (Å²) in [6, 6.07) is 0. The van der Waals surface area contributed by atoms with Crippen molar-refractivity contribution < 1.29 is 14.3 Å². The van der Waals surface area contributed by atoms with E-state index < -0.39 is 6.09 Å². The zero-order chi connectivity index (χ0) is 9.40. The molecule has 0 saturated carbocycles. The highest BCUT2D eigenvalue weighted by Crippen LogP contribution is 1.73. The normalized spacial score (nSPS) is 8.83. The van der Waals surface area contributed by atoms with E-state index >= 15 is 0 Å². The fraction of sp³-hybridized carbons (Fsp3) is 0.714. The topological polar surface area (TPSA) is 67.4 Å². The third-order valence-electron chi connectivity index (χ3n) is 1.22. The molecule has 0 aromatic carbocycles. The quantitative estimate of drug-likeness (QED) is 0.583. The Morgan fingerprint density at radius 3 is 2.33 bits per heavy atom. The van der Waals surface area contributed by atoms with E-state index in [1.807, 2.05) is 0 Å². The molecule has 0 atom stereocenters. The summed E-state index contributed by atoms with van der Waals surface area (Å²) in [5.74, 6) is -0.0262. The van der Waals surface area contributed by atoms with Crippen LogP contribution in [0.1, 0.15) is 13.3 Å². The van der Waals surface area contributed by atoms with Gasteiger partial charge in [0.2, 0.25) is 5.91 Å². The van der Waals surface area contributed by atoms with Crippen molar-refractivity contribution in [1.29, 1.82) is 0 Å². The Balaban J connectivity index is 3.21. The third-order valence-corrected chi connectivity index (χ3v) is 1.22. The van der Waals surface area contributed by atoms with Crippen molar-refractivity contribution >= 4 is 12.0 Å². The smallest absolute Gasteiger partial charge is 0.406 e. The molecule has 0 spiro atoms. The maximum absolute atomic E-state index is 10.7. The first-order chi connectivity index (χ1) is 5.70. The Bertz CT molecular complexity index is 141. The molecule has 2 N–H and O–H groups in total. The Labute approximate surface area is 71.5 Å². The molecule has 0 aromatic heterocycles. The molecule has 0 heterocycles. The van der Waals surface area contributed by atoms with Crippen molar-refractivity contribution in [3.8, 4) is 0 Å². The molecule has 0 fully saturated rings. The zero-order valence-corrected chi connectivity index (χ0v) is 7.35. The van der Waals surface area contributed by atoms with E-state index in [1.165, 1.54) is 7.11 Å². The van der Waals surface area contributed by atoms with Crippen LogP contribution in [0, 0.1) is 0 Å². The van der Waals surface area contributed by atoms with Crippen molar-refractivity contribution in [3.63, 3.8) is 0 Å². The summed E-state index contributed by atoms with van der Waals surface area (Å²) in [7, 11) is 1.29. The molecule has 0 saturated heterocycles. The summed E-state index contributed by atoms with van der Waals surface area (Å²) >= 11 is 0. The van der Waals surface area contributed by atoms with Crippen LogP contribution in [-0.2, 0) is 9.53 Å². The fourth-order valence-corrected chi connectivity index (χ4v) is 0.564. The van der Waals surface area contributed by atoms with Gasteiger partial charge in [-0.05, 0) is 0 Å². The van der Waals surface area contributed by atoms with Crippen LogP contribution in [0.2, 0.25) is 0 Å². The fourth-order valence-electron chi connectivity index (χ4n) is 0.564. The molecule has 0 aromatic rings. The molecule has 70 valence electrons. The molecule has 5 nitrogen and oxygen atoms in total. The highest BCUT2D eigenvalue weighted by atomic mass is 16.5. The van der Waals surface area contributed by atoms with Crippen LogP contribution < -0.4 is 10.6 Å². The largest absolute Gasteiger partial charge is 0.453 e. The Morgan fingerprint density at radius 1 is 1.25 bits per heavy atom. The second-order valence-corrected chi connectivity index (χ2v) is 2.12. The maximum Gasteiger partial charge on any atom is 0.406 e. The lowest BCUT2D eigenvalue weighted by Crippen LogP contribution is -2.34. The van der Waals surface area contributed by atoms with Crippen LogP contribution in [0.3, 0.4) is 0 Å². The molecule has 0 aliphatic rings. The minimum absolute atomic E-state index is 0.0262. The van der Waals surface area contributed by atoms with E-state index in [4.69, 9.17) is 0 Å². The van der Waals surface area contributed by atoms with Gasteiger partial charge in [-0.1, -0.05) is 6.92 Å². The minimum Gasteiger partial charge on any atom is -0.453 e. The van der Waals surface area contributed by atoms with Crippen LogP contribution in [0.25, 0.3) is 0 Å². The lowest BCUT2D eigenvalue weighted by Gasteiger charge is -2.04. The number of hydrogen-bond donors (Lipinski definition) is 2. The van der Waals surface area contributed by atoms with Gasteiger partial charge in [-0.3, -0.25) is 4.79 Å². The molecule has 0 aliphatic carbocycles. The van der Waals surface area contributed by atoms with Gasteiger partial charge >= 0.3 is 6.09 Å². The first-order valence-electron chi connectivity index (χ1n) is 3.79. The molecular formula is C7H14N2O3. The number of ether oxygens (including phenoxy) is 1. The van der Waals surface area contributed by atoms with E-state index in [9.17, 15) is 9.59 Å². The van der Waals surface area contributed by atoms with Gasteiger partial charge in [-0.15, -0.1) is 0 Å². The summed E-state index contributed by atoms with van der Waals surface area (Å²) in [5, 5.41) is 5.04. The monoisotopic (exact) mass is 174 g/mol. The van der Waals surface area contributed by atoms with Gasteiger partial charge in [0.25, 0.3) is 0 Å². The average Bonchev–Trinajstić information content (AvgIpc) is 2.11. The number of carbonyl (C=O) groups is 2. The highest BCUT2D eigenvalue weighted by molar-refractivity contribution is 5.75. The predicted molar refractivity (Wildman–Crippen MR) is 43.7 cm³/mol. The first kappa shape index (κ1) is 10.7. The first-order valence-corrected chi connectivity index (χ1v) is 3.79. The molecule has 0 unspecified atom stereocenters. The summed E-state index contributed by atoms with van der Waals surface area (Å²) in [5.41, 5.74) is 0. The second-order valence-electron chi connectivity index (χ2n) is 2.12. The molecule has 0 rings (SSSR count). The Morgan fingerprint density at radius 2 is 1.83 bits per heavy atom. The van der Waals surface area contributed by atoms with Crippen LogP contribution >= 0.6 is 0 Å². The van der Waals surface area contributed by atoms with Gasteiger partial charge in [0.05, 0.1) is 7.11 Å². The van der Waals surface area contributed by atoms with E-state index in [-0.39, 0.29) is 5.91 Å². The van der Waals surface area contributed by atoms with Crippen molar-refractivity contribution in [2.45, 2.75) is 13.3 Å². The van der Waals surface area contributed by atoms with Gasteiger partial charge in [-0.25, -0.2) is 4.79 Å². The summed E-state index contributed by atoms with van der Waals surface area (Å²) in [6.07, 6.45) is -0.0288. The molecule has 0 bridgehead atoms. The van der Waals surface area contributed by atoms with Crippen LogP contribution in [-0.4, -0.2) is 32.2 Å². The highest BCUT2D eigenvalue weighted by Gasteiger charge is 1.97. The summed E-state index contributed by atoms with van der Waals surface area (Å²) in [6.45, 7) is 2.59. The Hall–Kier alpha value is -1.26.